The van der Waals surface area contributed by atoms with Crippen molar-refractivity contribution in [3.63, 3.8) is 0 Å². The molecule has 2 fully saturated rings. The number of hydrogen-bond acceptors (Lipinski definition) is 2. The Morgan fingerprint density at radius 2 is 1.24 bits per heavy atom. The van der Waals surface area contributed by atoms with E-state index in [0.29, 0.717) is 23.1 Å². The maximum atomic E-state index is 15.6. The van der Waals surface area contributed by atoms with Crippen LogP contribution in [0.2, 0.25) is 10.0 Å². The summed E-state index contributed by atoms with van der Waals surface area (Å²) in [7, 11) is -3.21. The van der Waals surface area contributed by atoms with Crippen LogP contribution in [0.4, 0.5) is 11.4 Å². The fourth-order valence-corrected chi connectivity index (χ4v) is 9.43. The van der Waals surface area contributed by atoms with E-state index in [9.17, 15) is 0 Å². The molecule has 3 aromatic rings. The van der Waals surface area contributed by atoms with Crippen LogP contribution in [0.15, 0.2) is 78.9 Å². The number of para-hydroxylation sites is 2. The van der Waals surface area contributed by atoms with E-state index in [1.54, 1.807) is 6.07 Å². The number of halogens is 2. The van der Waals surface area contributed by atoms with Crippen molar-refractivity contribution in [3.8, 4) is 0 Å². The summed E-state index contributed by atoms with van der Waals surface area (Å²) < 4.78 is 19.9. The molecule has 4 nitrogen and oxygen atoms in total. The first-order chi connectivity index (χ1) is 16.1. The third kappa shape index (κ3) is 4.31. The molecule has 33 heavy (non-hydrogen) atoms. The molecule has 1 atom stereocenters. The number of likely N-dealkylation sites (tertiary alicyclic amines) is 1. The summed E-state index contributed by atoms with van der Waals surface area (Å²) in [6, 6.07) is 25.9. The second kappa shape index (κ2) is 9.72. The van der Waals surface area contributed by atoms with E-state index >= 15 is 4.57 Å². The maximum absolute atomic E-state index is 15.6. The predicted octanol–water partition coefficient (Wildman–Crippen LogP) is 7.70. The fourth-order valence-electron chi connectivity index (χ4n) is 5.12. The van der Waals surface area contributed by atoms with Gasteiger partial charge in [0.25, 0.3) is 7.44 Å². The lowest BCUT2D eigenvalue weighted by atomic mass is 10.1. The quantitative estimate of drug-likeness (QED) is 0.336. The molecule has 2 aliphatic rings. The predicted molar refractivity (Wildman–Crippen MR) is 140 cm³/mol. The largest absolute Gasteiger partial charge is 0.304 e. The van der Waals surface area contributed by atoms with Crippen molar-refractivity contribution in [2.75, 3.05) is 35.5 Å². The number of anilines is 2. The van der Waals surface area contributed by atoms with Gasteiger partial charge in [0.05, 0.1) is 0 Å². The SMILES string of the molecule is O=P1(C(c2ccc(Cl)cc2Cl)N2CCCCC2)N(c2ccccc2)CCN1c1ccccc1. The van der Waals surface area contributed by atoms with Crippen molar-refractivity contribution >= 4 is 42.0 Å². The van der Waals surface area contributed by atoms with Crippen LogP contribution in [0, 0.1) is 0 Å². The molecular weight excluding hydrogens is 472 g/mol. The highest BCUT2D eigenvalue weighted by Gasteiger charge is 2.52. The summed E-state index contributed by atoms with van der Waals surface area (Å²) in [6.45, 7) is 3.18. The van der Waals surface area contributed by atoms with E-state index in [-0.39, 0.29) is 5.78 Å². The van der Waals surface area contributed by atoms with Gasteiger partial charge in [-0.1, -0.05) is 72.1 Å². The minimum atomic E-state index is -3.21. The molecule has 0 N–H and O–H groups in total. The molecule has 0 amide bonds. The number of nitrogens with zero attached hydrogens (tertiary/aromatic N) is 3. The summed E-state index contributed by atoms with van der Waals surface area (Å²) in [5, 5.41) is 1.16. The summed E-state index contributed by atoms with van der Waals surface area (Å²) in [6.07, 6.45) is 3.39. The van der Waals surface area contributed by atoms with Crippen molar-refractivity contribution in [2.45, 2.75) is 25.0 Å². The van der Waals surface area contributed by atoms with Crippen LogP contribution in [0.25, 0.3) is 0 Å². The molecule has 0 radical (unpaired) electrons. The molecular formula is C26H28Cl2N3OP. The molecule has 1 unspecified atom stereocenters. The van der Waals surface area contributed by atoms with Crippen molar-refractivity contribution in [3.05, 3.63) is 94.5 Å². The molecule has 0 saturated carbocycles. The molecule has 7 heteroatoms. The van der Waals surface area contributed by atoms with Crippen molar-refractivity contribution in [1.29, 1.82) is 0 Å². The zero-order chi connectivity index (χ0) is 22.8. The summed E-state index contributed by atoms with van der Waals surface area (Å²) >= 11 is 13.1. The average molecular weight is 500 g/mol. The Balaban J connectivity index is 1.71. The van der Waals surface area contributed by atoms with E-state index in [1.165, 1.54) is 6.42 Å². The van der Waals surface area contributed by atoms with Crippen LogP contribution in [0.1, 0.15) is 30.6 Å². The van der Waals surface area contributed by atoms with Crippen LogP contribution in [-0.4, -0.2) is 31.1 Å². The van der Waals surface area contributed by atoms with Crippen LogP contribution >= 0.6 is 30.6 Å². The molecule has 0 aromatic heterocycles. The van der Waals surface area contributed by atoms with Gasteiger partial charge < -0.3 is 9.34 Å². The zero-order valence-corrected chi connectivity index (χ0v) is 20.9. The van der Waals surface area contributed by atoms with Crippen molar-refractivity contribution < 1.29 is 4.57 Å². The Labute approximate surface area is 206 Å². The van der Waals surface area contributed by atoms with Gasteiger partial charge in [-0.25, -0.2) is 0 Å². The third-order valence-electron chi connectivity index (χ3n) is 6.62. The number of rotatable bonds is 5. The van der Waals surface area contributed by atoms with Gasteiger partial charge in [-0.2, -0.15) is 0 Å². The lowest BCUT2D eigenvalue weighted by Gasteiger charge is -2.44. The van der Waals surface area contributed by atoms with Crippen molar-refractivity contribution in [1.82, 2.24) is 4.90 Å². The van der Waals surface area contributed by atoms with Gasteiger partial charge in [-0.15, -0.1) is 0 Å². The Kier molecular flexibility index (Phi) is 6.72. The first-order valence-corrected chi connectivity index (χ1v) is 14.0. The summed E-state index contributed by atoms with van der Waals surface area (Å²) in [5.41, 5.74) is 2.84. The van der Waals surface area contributed by atoms with E-state index < -0.39 is 7.44 Å². The molecule has 2 aliphatic heterocycles. The highest BCUT2D eigenvalue weighted by molar-refractivity contribution is 7.67. The van der Waals surface area contributed by atoms with Gasteiger partial charge in [-0.05, 0) is 67.9 Å². The fraction of sp³-hybridized carbons (Fsp3) is 0.308. The van der Waals surface area contributed by atoms with E-state index in [4.69, 9.17) is 23.2 Å². The molecule has 172 valence electrons. The molecule has 3 aromatic carbocycles. The second-order valence-electron chi connectivity index (χ2n) is 8.64. The Morgan fingerprint density at radius 1 is 0.697 bits per heavy atom. The molecule has 0 spiro atoms. The van der Waals surface area contributed by atoms with Gasteiger partial charge in [-0.3, -0.25) is 9.46 Å². The molecule has 0 bridgehead atoms. The van der Waals surface area contributed by atoms with Crippen LogP contribution < -0.4 is 9.34 Å². The lowest BCUT2D eigenvalue weighted by molar-refractivity contribution is 0.206. The number of piperidine rings is 1. The Morgan fingerprint density at radius 3 is 1.76 bits per heavy atom. The van der Waals surface area contributed by atoms with Gasteiger partial charge in [0.1, 0.15) is 5.78 Å². The van der Waals surface area contributed by atoms with Crippen LogP contribution in [-0.2, 0) is 4.57 Å². The third-order valence-corrected chi connectivity index (χ3v) is 10.7. The Hall–Kier alpha value is -1.97. The summed E-state index contributed by atoms with van der Waals surface area (Å²) in [5.74, 6) is -0.356. The minimum absolute atomic E-state index is 0.356. The maximum Gasteiger partial charge on any atom is 0.284 e. The normalized spacial score (nSPS) is 19.6. The van der Waals surface area contributed by atoms with Crippen molar-refractivity contribution in [2.24, 2.45) is 0 Å². The van der Waals surface area contributed by atoms with E-state index in [1.807, 2.05) is 48.5 Å². The zero-order valence-electron chi connectivity index (χ0n) is 18.5. The molecule has 0 aliphatic carbocycles. The molecule has 2 heterocycles. The van der Waals surface area contributed by atoms with Gasteiger partial charge in [0.15, 0.2) is 0 Å². The average Bonchev–Trinajstić information content (AvgIpc) is 3.20. The van der Waals surface area contributed by atoms with Gasteiger partial charge >= 0.3 is 0 Å². The van der Waals surface area contributed by atoms with Gasteiger partial charge in [0.2, 0.25) is 0 Å². The van der Waals surface area contributed by atoms with Crippen LogP contribution in [0.5, 0.6) is 0 Å². The Bertz CT molecular complexity index is 1090. The molecule has 2 saturated heterocycles. The number of benzene rings is 3. The molecule has 5 rings (SSSR count). The topological polar surface area (TPSA) is 26.8 Å². The first kappa shape index (κ1) is 22.8. The standard InChI is InChI=1S/C26H28Cl2N3OP/c27-21-14-15-24(25(28)20-21)26(29-16-8-3-9-17-29)33(32)30(22-10-4-1-5-11-22)18-19-31(33)23-12-6-2-7-13-23/h1-2,4-7,10-15,20,26H,3,8-9,16-19H2. The van der Waals surface area contributed by atoms with E-state index in [2.05, 4.69) is 38.5 Å². The minimum Gasteiger partial charge on any atom is -0.304 e. The summed E-state index contributed by atoms with van der Waals surface area (Å²) in [4.78, 5) is 2.39. The second-order valence-corrected chi connectivity index (χ2v) is 12.1. The van der Waals surface area contributed by atoms with Gasteiger partial charge in [0, 0.05) is 34.5 Å². The first-order valence-electron chi connectivity index (χ1n) is 11.5. The van der Waals surface area contributed by atoms with E-state index in [0.717, 1.165) is 42.9 Å². The smallest absolute Gasteiger partial charge is 0.284 e. The van der Waals surface area contributed by atoms with Crippen LogP contribution in [0.3, 0.4) is 0 Å². The highest BCUT2D eigenvalue weighted by Crippen LogP contribution is 2.70. The highest BCUT2D eigenvalue weighted by atomic mass is 35.5. The monoisotopic (exact) mass is 499 g/mol. The number of hydrogen-bond donors (Lipinski definition) is 0. The lowest BCUT2D eigenvalue weighted by Crippen LogP contribution is -2.38.